The molecule has 7 heteroatoms. The van der Waals surface area contributed by atoms with Crippen molar-refractivity contribution in [2.45, 2.75) is 69.4 Å². The summed E-state index contributed by atoms with van der Waals surface area (Å²) in [6.45, 7) is 7.41. The molecule has 0 saturated heterocycles. The zero-order valence-electron chi connectivity index (χ0n) is 19.0. The van der Waals surface area contributed by atoms with Gasteiger partial charge in [0, 0.05) is 18.7 Å². The summed E-state index contributed by atoms with van der Waals surface area (Å²) in [5.74, 6) is 3.22. The van der Waals surface area contributed by atoms with Crippen molar-refractivity contribution in [2.24, 2.45) is 17.8 Å². The number of amides is 1. The zero-order chi connectivity index (χ0) is 22.0. The van der Waals surface area contributed by atoms with Crippen molar-refractivity contribution in [3.05, 3.63) is 29.8 Å². The standard InChI is InChI=1S/C24H34N4O2S/c1-15-6-5-7-20(12-15)22-26-27-24(28(22)10-11-30-4)31-17(3)23(29)25-16(2)21-14-18-8-9-19(21)13-18/h5-7,12,16-19,21H,8-11,13-14H2,1-4H3,(H,25,29). The van der Waals surface area contributed by atoms with E-state index in [4.69, 9.17) is 4.74 Å². The predicted molar refractivity (Wildman–Crippen MR) is 124 cm³/mol. The van der Waals surface area contributed by atoms with Crippen LogP contribution in [-0.4, -0.2) is 45.7 Å². The fraction of sp³-hybridized carbons (Fsp3) is 0.625. The summed E-state index contributed by atoms with van der Waals surface area (Å²) in [5.41, 5.74) is 2.20. The second kappa shape index (κ2) is 9.74. The Morgan fingerprint density at radius 3 is 2.81 bits per heavy atom. The second-order valence-corrected chi connectivity index (χ2v) is 10.5. The van der Waals surface area contributed by atoms with Crippen LogP contribution in [-0.2, 0) is 16.1 Å². The van der Waals surface area contributed by atoms with E-state index in [0.717, 1.165) is 28.4 Å². The lowest BCUT2D eigenvalue weighted by Gasteiger charge is -2.29. The largest absolute Gasteiger partial charge is 0.383 e. The van der Waals surface area contributed by atoms with E-state index in [0.29, 0.717) is 19.1 Å². The number of nitrogens with zero attached hydrogens (tertiary/aromatic N) is 3. The minimum Gasteiger partial charge on any atom is -0.383 e. The van der Waals surface area contributed by atoms with Gasteiger partial charge in [-0.25, -0.2) is 0 Å². The Hall–Kier alpha value is -1.86. The number of ether oxygens (including phenoxy) is 1. The van der Waals surface area contributed by atoms with Gasteiger partial charge in [0.05, 0.1) is 18.4 Å². The maximum Gasteiger partial charge on any atom is 0.233 e. The zero-order valence-corrected chi connectivity index (χ0v) is 19.8. The molecule has 2 aliphatic carbocycles. The van der Waals surface area contributed by atoms with Crippen LogP contribution in [0.15, 0.2) is 29.4 Å². The van der Waals surface area contributed by atoms with Crippen molar-refractivity contribution in [1.29, 1.82) is 0 Å². The molecule has 0 radical (unpaired) electrons. The van der Waals surface area contributed by atoms with E-state index < -0.39 is 0 Å². The van der Waals surface area contributed by atoms with Crippen molar-refractivity contribution in [3.8, 4) is 11.4 Å². The van der Waals surface area contributed by atoms with Crippen LogP contribution in [0.25, 0.3) is 11.4 Å². The maximum absolute atomic E-state index is 13.0. The normalized spacial score (nSPS) is 24.3. The average Bonchev–Trinajstić information content (AvgIpc) is 3.48. The van der Waals surface area contributed by atoms with Crippen LogP contribution in [0.2, 0.25) is 0 Å². The highest BCUT2D eigenvalue weighted by Crippen LogP contribution is 2.49. The number of aryl methyl sites for hydroxylation is 1. The van der Waals surface area contributed by atoms with Crippen LogP contribution in [0.1, 0.15) is 45.1 Å². The summed E-state index contributed by atoms with van der Waals surface area (Å²) >= 11 is 1.47. The van der Waals surface area contributed by atoms with E-state index >= 15 is 0 Å². The van der Waals surface area contributed by atoms with Gasteiger partial charge in [-0.1, -0.05) is 41.9 Å². The van der Waals surface area contributed by atoms with Crippen LogP contribution in [0.3, 0.4) is 0 Å². The van der Waals surface area contributed by atoms with E-state index in [9.17, 15) is 4.79 Å². The van der Waals surface area contributed by atoms with E-state index in [1.807, 2.05) is 19.1 Å². The quantitative estimate of drug-likeness (QED) is 0.586. The van der Waals surface area contributed by atoms with Gasteiger partial charge in [0.1, 0.15) is 0 Å². The van der Waals surface area contributed by atoms with E-state index in [2.05, 4.69) is 46.1 Å². The third kappa shape index (κ3) is 4.98. The number of thioether (sulfide) groups is 1. The van der Waals surface area contributed by atoms with Crippen LogP contribution in [0, 0.1) is 24.7 Å². The van der Waals surface area contributed by atoms with Crippen molar-refractivity contribution in [2.75, 3.05) is 13.7 Å². The van der Waals surface area contributed by atoms with Gasteiger partial charge in [-0.15, -0.1) is 10.2 Å². The van der Waals surface area contributed by atoms with Crippen molar-refractivity contribution in [1.82, 2.24) is 20.1 Å². The first-order chi connectivity index (χ1) is 15.0. The Balaban J connectivity index is 1.44. The van der Waals surface area contributed by atoms with Crippen molar-refractivity contribution < 1.29 is 9.53 Å². The predicted octanol–water partition coefficient (Wildman–Crippen LogP) is 4.32. The molecular formula is C24H34N4O2S. The number of hydrogen-bond acceptors (Lipinski definition) is 5. The summed E-state index contributed by atoms with van der Waals surface area (Å²) in [4.78, 5) is 13.0. The topological polar surface area (TPSA) is 69.0 Å². The third-order valence-corrected chi connectivity index (χ3v) is 8.05. The molecule has 2 saturated carbocycles. The molecule has 2 aromatic rings. The number of carbonyl (C=O) groups is 1. The first kappa shape index (κ1) is 22.3. The fourth-order valence-corrected chi connectivity index (χ4v) is 6.21. The summed E-state index contributed by atoms with van der Waals surface area (Å²) in [6, 6.07) is 8.48. The minimum atomic E-state index is -0.239. The van der Waals surface area contributed by atoms with E-state index in [1.54, 1.807) is 7.11 Å². The SMILES string of the molecule is COCCn1c(SC(C)C(=O)NC(C)C2CC3CCC2C3)nnc1-c1cccc(C)c1. The Morgan fingerprint density at radius 2 is 2.13 bits per heavy atom. The van der Waals surface area contributed by atoms with E-state index in [1.165, 1.54) is 43.0 Å². The summed E-state index contributed by atoms with van der Waals surface area (Å²) in [6.07, 6.45) is 5.36. The number of nitrogens with one attached hydrogen (secondary N) is 1. The Labute approximate surface area is 189 Å². The molecule has 4 rings (SSSR count). The molecule has 1 amide bonds. The highest BCUT2D eigenvalue weighted by molar-refractivity contribution is 8.00. The van der Waals surface area contributed by atoms with Crippen LogP contribution in [0.5, 0.6) is 0 Å². The third-order valence-electron chi connectivity index (χ3n) is 6.97. The molecule has 168 valence electrons. The molecular weight excluding hydrogens is 408 g/mol. The molecule has 0 aliphatic heterocycles. The molecule has 1 N–H and O–H groups in total. The lowest BCUT2D eigenvalue weighted by molar-refractivity contribution is -0.121. The second-order valence-electron chi connectivity index (χ2n) is 9.22. The number of rotatable bonds is 9. The van der Waals surface area contributed by atoms with Crippen LogP contribution < -0.4 is 5.32 Å². The molecule has 1 aromatic carbocycles. The number of fused-ring (bicyclic) bond motifs is 2. The van der Waals surface area contributed by atoms with Crippen LogP contribution in [0.4, 0.5) is 0 Å². The van der Waals surface area contributed by atoms with Gasteiger partial charge < -0.3 is 10.1 Å². The molecule has 5 unspecified atom stereocenters. The summed E-state index contributed by atoms with van der Waals surface area (Å²) in [7, 11) is 1.69. The monoisotopic (exact) mass is 442 g/mol. The molecule has 0 spiro atoms. The lowest BCUT2D eigenvalue weighted by atomic mass is 9.84. The van der Waals surface area contributed by atoms with Crippen molar-refractivity contribution in [3.63, 3.8) is 0 Å². The van der Waals surface area contributed by atoms with Gasteiger partial charge in [-0.05, 0) is 63.9 Å². The van der Waals surface area contributed by atoms with Gasteiger partial charge >= 0.3 is 0 Å². The first-order valence-electron chi connectivity index (χ1n) is 11.4. The van der Waals surface area contributed by atoms with Gasteiger partial charge in [-0.3, -0.25) is 9.36 Å². The van der Waals surface area contributed by atoms with Gasteiger partial charge in [0.25, 0.3) is 0 Å². The first-order valence-corrected chi connectivity index (χ1v) is 12.3. The Morgan fingerprint density at radius 1 is 1.29 bits per heavy atom. The number of benzene rings is 1. The van der Waals surface area contributed by atoms with Gasteiger partial charge in [-0.2, -0.15) is 0 Å². The molecule has 2 bridgehead atoms. The smallest absolute Gasteiger partial charge is 0.233 e. The fourth-order valence-electron chi connectivity index (χ4n) is 5.32. The molecule has 6 nitrogen and oxygen atoms in total. The van der Waals surface area contributed by atoms with Gasteiger partial charge in [0.2, 0.25) is 5.91 Å². The summed E-state index contributed by atoms with van der Waals surface area (Å²) < 4.78 is 7.37. The highest BCUT2D eigenvalue weighted by Gasteiger charge is 2.42. The number of aromatic nitrogens is 3. The lowest BCUT2D eigenvalue weighted by Crippen LogP contribution is -2.43. The number of carbonyl (C=O) groups excluding carboxylic acids is 1. The molecule has 2 aliphatic rings. The molecule has 31 heavy (non-hydrogen) atoms. The Bertz CT molecular complexity index is 915. The maximum atomic E-state index is 13.0. The van der Waals surface area contributed by atoms with E-state index in [-0.39, 0.29) is 17.2 Å². The molecule has 5 atom stereocenters. The molecule has 1 heterocycles. The Kier molecular flexibility index (Phi) is 7.02. The highest BCUT2D eigenvalue weighted by atomic mass is 32.2. The van der Waals surface area contributed by atoms with Crippen LogP contribution >= 0.6 is 11.8 Å². The summed E-state index contributed by atoms with van der Waals surface area (Å²) in [5, 5.41) is 12.7. The number of methoxy groups -OCH3 is 1. The molecule has 1 aromatic heterocycles. The van der Waals surface area contributed by atoms with Gasteiger partial charge in [0.15, 0.2) is 11.0 Å². The molecule has 2 fully saturated rings. The minimum absolute atomic E-state index is 0.0821. The number of hydrogen-bond donors (Lipinski definition) is 1. The average molecular weight is 443 g/mol. The van der Waals surface area contributed by atoms with Crippen molar-refractivity contribution >= 4 is 17.7 Å².